The van der Waals surface area contributed by atoms with Crippen molar-refractivity contribution in [3.8, 4) is 22.8 Å². The lowest BCUT2D eigenvalue weighted by Crippen LogP contribution is -2.20. The number of amides is 1. The van der Waals surface area contributed by atoms with Crippen molar-refractivity contribution in [1.29, 1.82) is 0 Å². The number of nitrogens with one attached hydrogen (secondary N) is 2. The van der Waals surface area contributed by atoms with E-state index < -0.39 is 23.7 Å². The van der Waals surface area contributed by atoms with Gasteiger partial charge in [0, 0.05) is 16.3 Å². The van der Waals surface area contributed by atoms with Crippen LogP contribution in [0.15, 0.2) is 54.7 Å². The monoisotopic (exact) mass is 449 g/mol. The molecule has 0 saturated carbocycles. The first-order valence-corrected chi connectivity index (χ1v) is 8.93. The van der Waals surface area contributed by atoms with E-state index in [0.717, 1.165) is 6.20 Å². The molecule has 4 aromatic rings. The number of halogens is 4. The molecule has 0 radical (unpaired) electrons. The number of H-pyrrole nitrogens is 1. The van der Waals surface area contributed by atoms with Gasteiger partial charge >= 0.3 is 12.3 Å². The van der Waals surface area contributed by atoms with Crippen LogP contribution in [0.3, 0.4) is 0 Å². The molecular formula is C18H11ClF3N7O2. The zero-order valence-electron chi connectivity index (χ0n) is 15.3. The molecule has 13 heteroatoms. The fraction of sp³-hybridized carbons (Fsp3) is 0.0556. The minimum atomic E-state index is -4.84. The van der Waals surface area contributed by atoms with Crippen LogP contribution < -0.4 is 10.1 Å². The molecule has 0 spiro atoms. The van der Waals surface area contributed by atoms with Crippen LogP contribution in [0.25, 0.3) is 17.1 Å². The minimum Gasteiger partial charge on any atom is -0.406 e. The zero-order valence-corrected chi connectivity index (χ0v) is 16.0. The average Bonchev–Trinajstić information content (AvgIpc) is 3.38. The highest BCUT2D eigenvalue weighted by Crippen LogP contribution is 2.38. The summed E-state index contributed by atoms with van der Waals surface area (Å²) in [6.45, 7) is 0. The number of hydrogen-bond acceptors (Lipinski definition) is 6. The molecule has 0 unspecified atom stereocenters. The van der Waals surface area contributed by atoms with Crippen LogP contribution in [-0.2, 0) is 6.18 Å². The number of aromatic nitrogens is 6. The maximum Gasteiger partial charge on any atom is 0.437 e. The van der Waals surface area contributed by atoms with E-state index in [9.17, 15) is 18.0 Å². The fourth-order valence-corrected chi connectivity index (χ4v) is 2.84. The predicted octanol–water partition coefficient (Wildman–Crippen LogP) is 4.34. The number of hydrogen-bond donors (Lipinski definition) is 2. The number of rotatable bonds is 4. The number of carbonyl (C=O) groups is 1. The summed E-state index contributed by atoms with van der Waals surface area (Å²) in [6.07, 6.45) is -5.16. The van der Waals surface area contributed by atoms with E-state index in [-0.39, 0.29) is 17.2 Å². The van der Waals surface area contributed by atoms with Crippen molar-refractivity contribution in [2.45, 2.75) is 6.18 Å². The van der Waals surface area contributed by atoms with Crippen molar-refractivity contribution in [2.75, 3.05) is 5.32 Å². The summed E-state index contributed by atoms with van der Waals surface area (Å²) in [5.74, 6) is -0.477. The summed E-state index contributed by atoms with van der Waals surface area (Å²) in [5.41, 5.74) is -0.366. The molecular weight excluding hydrogens is 439 g/mol. The third kappa shape index (κ3) is 4.48. The highest BCUT2D eigenvalue weighted by molar-refractivity contribution is 6.30. The lowest BCUT2D eigenvalue weighted by atomic mass is 10.2. The number of nitrogens with zero attached hydrogens (tertiary/aromatic N) is 5. The second-order valence-corrected chi connectivity index (χ2v) is 6.51. The molecule has 2 N–H and O–H groups in total. The smallest absolute Gasteiger partial charge is 0.406 e. The number of ether oxygens (including phenoxy) is 1. The maximum absolute atomic E-state index is 13.7. The van der Waals surface area contributed by atoms with Crippen molar-refractivity contribution in [3.05, 3.63) is 65.4 Å². The predicted molar refractivity (Wildman–Crippen MR) is 103 cm³/mol. The van der Waals surface area contributed by atoms with Crippen LogP contribution in [0.5, 0.6) is 5.75 Å². The average molecular weight is 450 g/mol. The van der Waals surface area contributed by atoms with Crippen LogP contribution in [0.2, 0.25) is 5.02 Å². The number of tetrazole rings is 1. The Hall–Kier alpha value is -3.93. The number of anilines is 1. The van der Waals surface area contributed by atoms with Crippen LogP contribution in [0, 0.1) is 0 Å². The number of alkyl halides is 3. The van der Waals surface area contributed by atoms with Crippen molar-refractivity contribution >= 4 is 23.4 Å². The van der Waals surface area contributed by atoms with E-state index in [1.807, 2.05) is 0 Å². The SMILES string of the molecule is O=C(Nc1cccc(-c2nn[nH]n2)c1)Oc1cnn(-c2ccc(Cl)cc2)c1C(F)(F)F. The maximum atomic E-state index is 13.7. The molecule has 158 valence electrons. The lowest BCUT2D eigenvalue weighted by molar-refractivity contribution is -0.143. The summed E-state index contributed by atoms with van der Waals surface area (Å²) < 4.78 is 46.5. The van der Waals surface area contributed by atoms with Crippen LogP contribution in [-0.4, -0.2) is 36.5 Å². The number of aromatic amines is 1. The van der Waals surface area contributed by atoms with Crippen molar-refractivity contribution in [1.82, 2.24) is 30.4 Å². The second-order valence-electron chi connectivity index (χ2n) is 6.07. The van der Waals surface area contributed by atoms with Crippen LogP contribution >= 0.6 is 11.6 Å². The van der Waals surface area contributed by atoms with E-state index in [2.05, 4.69) is 31.0 Å². The van der Waals surface area contributed by atoms with Crippen molar-refractivity contribution < 1.29 is 22.7 Å². The molecule has 2 aromatic heterocycles. The molecule has 9 nitrogen and oxygen atoms in total. The molecule has 0 fully saturated rings. The van der Waals surface area contributed by atoms with Gasteiger partial charge in [-0.3, -0.25) is 5.32 Å². The standard InChI is InChI=1S/C18H11ClF3N7O2/c19-11-4-6-13(7-5-11)29-15(18(20,21)22)14(9-23-29)31-17(30)24-12-3-1-2-10(8-12)16-25-27-28-26-16/h1-9H,(H,24,30)(H,25,26,27,28). The minimum absolute atomic E-state index is 0.0970. The fourth-order valence-electron chi connectivity index (χ4n) is 2.71. The number of carbonyl (C=O) groups excluding carboxylic acids is 1. The Morgan fingerprint density at radius 3 is 2.61 bits per heavy atom. The quantitative estimate of drug-likeness (QED) is 0.479. The Morgan fingerprint density at radius 1 is 1.16 bits per heavy atom. The lowest BCUT2D eigenvalue weighted by Gasteiger charge is -2.13. The summed E-state index contributed by atoms with van der Waals surface area (Å²) in [7, 11) is 0. The Labute approximate surface area is 176 Å². The largest absolute Gasteiger partial charge is 0.437 e. The van der Waals surface area contributed by atoms with E-state index in [0.29, 0.717) is 15.3 Å². The molecule has 0 saturated heterocycles. The Bertz CT molecular complexity index is 1210. The van der Waals surface area contributed by atoms with Crippen molar-refractivity contribution in [2.24, 2.45) is 0 Å². The second kappa shape index (κ2) is 8.07. The van der Waals surface area contributed by atoms with Gasteiger partial charge in [0.15, 0.2) is 11.4 Å². The van der Waals surface area contributed by atoms with Crippen LogP contribution in [0.4, 0.5) is 23.7 Å². The summed E-state index contributed by atoms with van der Waals surface area (Å²) in [6, 6.07) is 11.8. The molecule has 4 rings (SSSR count). The van der Waals surface area contributed by atoms with Gasteiger partial charge in [-0.15, -0.1) is 10.2 Å². The molecule has 0 aliphatic carbocycles. The third-order valence-electron chi connectivity index (χ3n) is 3.99. The molecule has 0 aliphatic heterocycles. The molecule has 1 amide bonds. The van der Waals surface area contributed by atoms with E-state index in [1.165, 1.54) is 36.4 Å². The molecule has 2 heterocycles. The first kappa shape index (κ1) is 20.3. The molecule has 2 aromatic carbocycles. The molecule has 0 atom stereocenters. The molecule has 0 aliphatic rings. The number of benzene rings is 2. The highest BCUT2D eigenvalue weighted by Gasteiger charge is 2.40. The van der Waals surface area contributed by atoms with Gasteiger partial charge in [0.1, 0.15) is 0 Å². The van der Waals surface area contributed by atoms with Gasteiger partial charge in [-0.05, 0) is 41.6 Å². The van der Waals surface area contributed by atoms with Gasteiger partial charge in [-0.1, -0.05) is 23.7 Å². The Morgan fingerprint density at radius 2 is 1.94 bits per heavy atom. The highest BCUT2D eigenvalue weighted by atomic mass is 35.5. The third-order valence-corrected chi connectivity index (χ3v) is 4.24. The Kier molecular flexibility index (Phi) is 5.29. The zero-order chi connectivity index (χ0) is 22.0. The van der Waals surface area contributed by atoms with Gasteiger partial charge in [0.05, 0.1) is 11.9 Å². The van der Waals surface area contributed by atoms with Gasteiger partial charge in [0.25, 0.3) is 0 Å². The van der Waals surface area contributed by atoms with Gasteiger partial charge < -0.3 is 4.74 Å². The first-order valence-electron chi connectivity index (χ1n) is 8.55. The summed E-state index contributed by atoms with van der Waals surface area (Å²) in [5, 5.41) is 19.8. The van der Waals surface area contributed by atoms with E-state index in [1.54, 1.807) is 12.1 Å². The van der Waals surface area contributed by atoms with Gasteiger partial charge in [-0.25, -0.2) is 9.48 Å². The van der Waals surface area contributed by atoms with Gasteiger partial charge in [-0.2, -0.15) is 23.5 Å². The van der Waals surface area contributed by atoms with E-state index >= 15 is 0 Å². The summed E-state index contributed by atoms with van der Waals surface area (Å²) >= 11 is 5.78. The normalized spacial score (nSPS) is 11.4. The van der Waals surface area contributed by atoms with Crippen LogP contribution in [0.1, 0.15) is 5.69 Å². The summed E-state index contributed by atoms with van der Waals surface area (Å²) in [4.78, 5) is 12.2. The molecule has 0 bridgehead atoms. The molecule has 31 heavy (non-hydrogen) atoms. The topological polar surface area (TPSA) is 111 Å². The Balaban J connectivity index is 1.57. The van der Waals surface area contributed by atoms with Crippen molar-refractivity contribution in [3.63, 3.8) is 0 Å². The van der Waals surface area contributed by atoms with E-state index in [4.69, 9.17) is 16.3 Å². The first-order chi connectivity index (χ1) is 14.8. The van der Waals surface area contributed by atoms with Gasteiger partial charge in [0.2, 0.25) is 5.82 Å².